The number of methoxy groups -OCH3 is 1. The lowest BCUT2D eigenvalue weighted by Crippen LogP contribution is -2.23. The van der Waals surface area contributed by atoms with Gasteiger partial charge < -0.3 is 24.6 Å². The number of H-pyrrole nitrogens is 1. The Morgan fingerprint density at radius 2 is 1.88 bits per heavy atom. The smallest absolute Gasteiger partial charge is 0.336 e. The van der Waals surface area contributed by atoms with Crippen molar-refractivity contribution in [1.82, 2.24) is 9.97 Å². The molecule has 0 aliphatic rings. The maximum atomic E-state index is 12.2. The maximum absolute atomic E-state index is 12.2. The van der Waals surface area contributed by atoms with Gasteiger partial charge in [-0.15, -0.1) is 0 Å². The molecular formula is C25H27N3O4. The highest BCUT2D eigenvalue weighted by Crippen LogP contribution is 2.30. The van der Waals surface area contributed by atoms with Gasteiger partial charge in [-0.25, -0.2) is 9.78 Å². The Balaban J connectivity index is 1.58. The number of hydrogen-bond donors (Lipinski definition) is 3. The highest BCUT2D eigenvalue weighted by molar-refractivity contribution is 5.93. The van der Waals surface area contributed by atoms with E-state index < -0.39 is 11.2 Å². The second-order valence-corrected chi connectivity index (χ2v) is 7.78. The molecule has 0 aliphatic heterocycles. The molecule has 0 radical (unpaired) electrons. The number of anilines is 1. The summed E-state index contributed by atoms with van der Waals surface area (Å²) in [5, 5.41) is 14.7. The molecule has 4 rings (SSSR count). The van der Waals surface area contributed by atoms with Crippen LogP contribution in [0.15, 0.2) is 63.9 Å². The summed E-state index contributed by atoms with van der Waals surface area (Å²) >= 11 is 0. The van der Waals surface area contributed by atoms with Crippen molar-refractivity contribution in [3.63, 3.8) is 0 Å². The average Bonchev–Trinajstić information content (AvgIpc) is 3.31. The number of fused-ring (bicyclic) bond motifs is 1. The van der Waals surface area contributed by atoms with Crippen molar-refractivity contribution in [2.45, 2.75) is 38.8 Å². The molecule has 0 aliphatic carbocycles. The molecule has 0 atom stereocenters. The average molecular weight is 434 g/mol. The summed E-state index contributed by atoms with van der Waals surface area (Å²) in [5.41, 5.74) is 2.57. The summed E-state index contributed by atoms with van der Waals surface area (Å²) in [5.74, 6) is 1.33. The minimum absolute atomic E-state index is 0.400. The van der Waals surface area contributed by atoms with E-state index in [1.807, 2.05) is 56.3 Å². The van der Waals surface area contributed by atoms with E-state index >= 15 is 0 Å². The highest BCUT2D eigenvalue weighted by Gasteiger charge is 2.27. The van der Waals surface area contributed by atoms with Crippen molar-refractivity contribution < 1.29 is 14.3 Å². The number of nitrogens with zero attached hydrogens (tertiary/aromatic N) is 1. The lowest BCUT2D eigenvalue weighted by molar-refractivity contribution is 0.0245. The quantitative estimate of drug-likeness (QED) is 0.345. The van der Waals surface area contributed by atoms with Gasteiger partial charge in [0.15, 0.2) is 0 Å². The monoisotopic (exact) mass is 433 g/mol. The topological polar surface area (TPSA) is 100 Å². The third kappa shape index (κ3) is 4.24. The molecule has 0 amide bonds. The molecular weight excluding hydrogens is 406 g/mol. The Morgan fingerprint density at radius 1 is 1.12 bits per heavy atom. The van der Waals surface area contributed by atoms with Crippen LogP contribution in [0.1, 0.15) is 37.9 Å². The molecule has 2 aromatic heterocycles. The lowest BCUT2D eigenvalue weighted by Gasteiger charge is -2.23. The second-order valence-electron chi connectivity index (χ2n) is 7.78. The van der Waals surface area contributed by atoms with Crippen LogP contribution in [0.25, 0.3) is 22.1 Å². The van der Waals surface area contributed by atoms with Crippen LogP contribution in [-0.2, 0) is 12.1 Å². The molecule has 0 spiro atoms. The van der Waals surface area contributed by atoms with Crippen LogP contribution in [-0.4, -0.2) is 22.2 Å². The fourth-order valence-corrected chi connectivity index (χ4v) is 3.79. The van der Waals surface area contributed by atoms with Gasteiger partial charge in [0.05, 0.1) is 19.0 Å². The molecule has 3 N–H and O–H groups in total. The van der Waals surface area contributed by atoms with E-state index in [0.29, 0.717) is 36.6 Å². The van der Waals surface area contributed by atoms with Crippen LogP contribution in [0.5, 0.6) is 5.75 Å². The van der Waals surface area contributed by atoms with Gasteiger partial charge in [-0.1, -0.05) is 38.1 Å². The first-order chi connectivity index (χ1) is 15.5. The Labute approximate surface area is 186 Å². The third-order valence-electron chi connectivity index (χ3n) is 5.92. The molecule has 2 aromatic carbocycles. The molecule has 2 heterocycles. The number of benzene rings is 2. The zero-order valence-electron chi connectivity index (χ0n) is 18.4. The SMILES string of the molecule is CCC(O)(CC)c1cnc(NCc2ccc3c(-c4ccc(OC)cc4)cc(=O)oc3c2)[nH]1. The molecule has 166 valence electrons. The van der Waals surface area contributed by atoms with E-state index in [1.54, 1.807) is 13.3 Å². The maximum Gasteiger partial charge on any atom is 0.336 e. The lowest BCUT2D eigenvalue weighted by atomic mass is 9.94. The summed E-state index contributed by atoms with van der Waals surface area (Å²) < 4.78 is 10.7. The number of aromatic nitrogens is 2. The van der Waals surface area contributed by atoms with Gasteiger partial charge in [-0.05, 0) is 47.7 Å². The number of aromatic amines is 1. The van der Waals surface area contributed by atoms with E-state index in [9.17, 15) is 9.90 Å². The van der Waals surface area contributed by atoms with Crippen LogP contribution in [0.2, 0.25) is 0 Å². The van der Waals surface area contributed by atoms with Crippen LogP contribution in [0.3, 0.4) is 0 Å². The molecule has 0 fully saturated rings. The predicted molar refractivity (Wildman–Crippen MR) is 125 cm³/mol. The Kier molecular flexibility index (Phi) is 6.01. The summed E-state index contributed by atoms with van der Waals surface area (Å²) in [7, 11) is 1.62. The van der Waals surface area contributed by atoms with Crippen LogP contribution in [0, 0.1) is 0 Å². The van der Waals surface area contributed by atoms with E-state index in [2.05, 4.69) is 15.3 Å². The van der Waals surface area contributed by atoms with Gasteiger partial charge in [0.1, 0.15) is 16.9 Å². The van der Waals surface area contributed by atoms with Gasteiger partial charge in [0.2, 0.25) is 5.95 Å². The predicted octanol–water partition coefficient (Wildman–Crippen LogP) is 4.81. The zero-order chi connectivity index (χ0) is 22.7. The molecule has 7 heteroatoms. The van der Waals surface area contributed by atoms with Crippen molar-refractivity contribution in [1.29, 1.82) is 0 Å². The number of rotatable bonds is 8. The highest BCUT2D eigenvalue weighted by atomic mass is 16.5. The Bertz CT molecular complexity index is 1270. The molecule has 7 nitrogen and oxygen atoms in total. The first-order valence-corrected chi connectivity index (χ1v) is 10.7. The number of hydrogen-bond acceptors (Lipinski definition) is 6. The summed E-state index contributed by atoms with van der Waals surface area (Å²) in [6, 6.07) is 14.9. The molecule has 0 saturated carbocycles. The van der Waals surface area contributed by atoms with E-state index in [-0.39, 0.29) is 0 Å². The minimum atomic E-state index is -0.906. The zero-order valence-corrected chi connectivity index (χ0v) is 18.4. The van der Waals surface area contributed by atoms with Gasteiger partial charge in [0.25, 0.3) is 0 Å². The minimum Gasteiger partial charge on any atom is -0.497 e. The first-order valence-electron chi connectivity index (χ1n) is 10.7. The standard InChI is InChI=1S/C25H27N3O4/c1-4-25(30,5-2)22-15-27-24(28-22)26-14-16-6-11-19-20(13-23(29)32-21(19)12-16)17-7-9-18(31-3)10-8-17/h6-13,15,30H,4-5,14H2,1-3H3,(H2,26,27,28). The van der Waals surface area contributed by atoms with Gasteiger partial charge in [0, 0.05) is 18.0 Å². The second kappa shape index (κ2) is 8.88. The normalized spacial score (nSPS) is 11.6. The van der Waals surface area contributed by atoms with Crippen molar-refractivity contribution in [3.05, 3.63) is 76.4 Å². The first kappa shape index (κ1) is 21.6. The summed E-state index contributed by atoms with van der Waals surface area (Å²) in [6.07, 6.45) is 2.87. The Hall–Kier alpha value is -3.58. The molecule has 0 bridgehead atoms. The van der Waals surface area contributed by atoms with Crippen LogP contribution in [0.4, 0.5) is 5.95 Å². The van der Waals surface area contributed by atoms with E-state index in [4.69, 9.17) is 9.15 Å². The van der Waals surface area contributed by atoms with Crippen molar-refractivity contribution in [2.24, 2.45) is 0 Å². The number of aliphatic hydroxyl groups is 1. The van der Waals surface area contributed by atoms with Crippen LogP contribution < -0.4 is 15.7 Å². The number of ether oxygens (including phenoxy) is 1. The van der Waals surface area contributed by atoms with Gasteiger partial charge >= 0.3 is 5.63 Å². The fourth-order valence-electron chi connectivity index (χ4n) is 3.79. The van der Waals surface area contributed by atoms with Gasteiger partial charge in [-0.2, -0.15) is 0 Å². The molecule has 4 aromatic rings. The van der Waals surface area contributed by atoms with Gasteiger partial charge in [-0.3, -0.25) is 0 Å². The number of nitrogens with one attached hydrogen (secondary N) is 2. The van der Waals surface area contributed by atoms with E-state index in [0.717, 1.165) is 27.8 Å². The third-order valence-corrected chi connectivity index (χ3v) is 5.92. The molecule has 32 heavy (non-hydrogen) atoms. The number of imidazole rings is 1. The fraction of sp³-hybridized carbons (Fsp3) is 0.280. The Morgan fingerprint density at radius 3 is 2.56 bits per heavy atom. The molecule has 0 unspecified atom stereocenters. The summed E-state index contributed by atoms with van der Waals surface area (Å²) in [6.45, 7) is 4.37. The van der Waals surface area contributed by atoms with Crippen LogP contribution >= 0.6 is 0 Å². The largest absolute Gasteiger partial charge is 0.497 e. The van der Waals surface area contributed by atoms with Crippen molar-refractivity contribution in [3.8, 4) is 16.9 Å². The molecule has 0 saturated heterocycles. The van der Waals surface area contributed by atoms with Crippen molar-refractivity contribution in [2.75, 3.05) is 12.4 Å². The summed E-state index contributed by atoms with van der Waals surface area (Å²) in [4.78, 5) is 19.7. The van der Waals surface area contributed by atoms with Crippen molar-refractivity contribution >= 4 is 16.9 Å². The van der Waals surface area contributed by atoms with E-state index in [1.165, 1.54) is 6.07 Å².